The topological polar surface area (TPSA) is 50.8 Å². The largest absolute Gasteiger partial charge is 0.486 e. The maximum absolute atomic E-state index is 12.5. The molecule has 1 unspecified atom stereocenters. The van der Waals surface area contributed by atoms with Gasteiger partial charge in [0, 0.05) is 10.5 Å². The molecule has 1 atom stereocenters. The first-order chi connectivity index (χ1) is 12.7. The van der Waals surface area contributed by atoms with Crippen molar-refractivity contribution in [2.45, 2.75) is 18.9 Å². The summed E-state index contributed by atoms with van der Waals surface area (Å²) in [5, 5.41) is 2.99. The molecular weight excluding hydrogens is 396 g/mol. The van der Waals surface area contributed by atoms with Crippen LogP contribution in [-0.4, -0.2) is 37.1 Å². The zero-order chi connectivity index (χ0) is 17.9. The van der Waals surface area contributed by atoms with Crippen LogP contribution in [0, 0.1) is 0 Å². The highest BCUT2D eigenvalue weighted by Crippen LogP contribution is 2.38. The first kappa shape index (κ1) is 17.4. The molecule has 0 aliphatic carbocycles. The van der Waals surface area contributed by atoms with Gasteiger partial charge in [0.15, 0.2) is 11.5 Å². The van der Waals surface area contributed by atoms with Crippen LogP contribution in [0.15, 0.2) is 46.9 Å². The second-order valence-electron chi connectivity index (χ2n) is 6.56. The third-order valence-corrected chi connectivity index (χ3v) is 5.50. The van der Waals surface area contributed by atoms with Gasteiger partial charge in [0.05, 0.1) is 12.2 Å². The molecule has 2 aromatic carbocycles. The highest BCUT2D eigenvalue weighted by Gasteiger charge is 2.28. The Morgan fingerprint density at radius 1 is 1.15 bits per heavy atom. The van der Waals surface area contributed by atoms with Crippen LogP contribution in [0.2, 0.25) is 0 Å². The number of ether oxygens (including phenoxy) is 2. The van der Waals surface area contributed by atoms with E-state index in [1.807, 2.05) is 30.3 Å². The average molecular weight is 417 g/mol. The van der Waals surface area contributed by atoms with Gasteiger partial charge in [0.25, 0.3) is 0 Å². The number of likely N-dealkylation sites (tertiary alicyclic amines) is 1. The minimum absolute atomic E-state index is 0.00124. The zero-order valence-corrected chi connectivity index (χ0v) is 16.0. The van der Waals surface area contributed by atoms with Crippen molar-refractivity contribution in [2.75, 3.05) is 31.6 Å². The quantitative estimate of drug-likeness (QED) is 0.818. The van der Waals surface area contributed by atoms with E-state index >= 15 is 0 Å². The third-order valence-electron chi connectivity index (χ3n) is 4.81. The van der Waals surface area contributed by atoms with Crippen molar-refractivity contribution in [1.29, 1.82) is 0 Å². The van der Waals surface area contributed by atoms with Gasteiger partial charge >= 0.3 is 0 Å². The molecule has 0 radical (unpaired) electrons. The van der Waals surface area contributed by atoms with Crippen LogP contribution >= 0.6 is 15.9 Å². The van der Waals surface area contributed by atoms with Crippen molar-refractivity contribution in [3.05, 3.63) is 52.5 Å². The second kappa shape index (κ2) is 7.68. The van der Waals surface area contributed by atoms with Gasteiger partial charge in [-0.3, -0.25) is 9.69 Å². The molecule has 2 aromatic rings. The zero-order valence-electron chi connectivity index (χ0n) is 14.4. The van der Waals surface area contributed by atoms with Crippen LogP contribution < -0.4 is 14.8 Å². The van der Waals surface area contributed by atoms with E-state index in [0.29, 0.717) is 19.8 Å². The Morgan fingerprint density at radius 2 is 1.96 bits per heavy atom. The van der Waals surface area contributed by atoms with Crippen molar-refractivity contribution < 1.29 is 14.3 Å². The number of para-hydroxylation sites is 1. The molecule has 4 rings (SSSR count). The molecule has 2 aliphatic heterocycles. The van der Waals surface area contributed by atoms with E-state index in [-0.39, 0.29) is 11.9 Å². The predicted octanol–water partition coefficient (Wildman–Crippen LogP) is 4.00. The van der Waals surface area contributed by atoms with Gasteiger partial charge in [-0.25, -0.2) is 0 Å². The number of benzene rings is 2. The lowest BCUT2D eigenvalue weighted by Gasteiger charge is -2.26. The number of carbonyl (C=O) groups excluding carboxylic acids is 1. The molecule has 1 N–H and O–H groups in total. The van der Waals surface area contributed by atoms with Gasteiger partial charge in [-0.15, -0.1) is 0 Å². The third kappa shape index (κ3) is 3.71. The van der Waals surface area contributed by atoms with Gasteiger partial charge in [-0.05, 0) is 65.1 Å². The van der Waals surface area contributed by atoms with E-state index in [1.54, 1.807) is 0 Å². The van der Waals surface area contributed by atoms with Crippen LogP contribution in [0.4, 0.5) is 5.69 Å². The molecule has 1 saturated heterocycles. The number of nitrogens with zero attached hydrogens (tertiary/aromatic N) is 1. The Morgan fingerprint density at radius 3 is 2.81 bits per heavy atom. The van der Waals surface area contributed by atoms with Crippen LogP contribution in [0.5, 0.6) is 11.5 Å². The number of carbonyl (C=O) groups is 1. The molecule has 1 amide bonds. The van der Waals surface area contributed by atoms with Gasteiger partial charge in [-0.2, -0.15) is 0 Å². The summed E-state index contributed by atoms with van der Waals surface area (Å²) in [6.07, 6.45) is 2.13. The summed E-state index contributed by atoms with van der Waals surface area (Å²) >= 11 is 3.47. The lowest BCUT2D eigenvalue weighted by molar-refractivity contribution is -0.117. The Balaban J connectivity index is 1.45. The first-order valence-corrected chi connectivity index (χ1v) is 9.68. The summed E-state index contributed by atoms with van der Waals surface area (Å²) in [4.78, 5) is 14.7. The van der Waals surface area contributed by atoms with Crippen LogP contribution in [0.25, 0.3) is 0 Å². The van der Waals surface area contributed by atoms with E-state index in [4.69, 9.17) is 9.47 Å². The number of anilines is 1. The number of amides is 1. The molecule has 5 nitrogen and oxygen atoms in total. The minimum Gasteiger partial charge on any atom is -0.486 e. The molecule has 2 heterocycles. The fourth-order valence-electron chi connectivity index (χ4n) is 3.60. The first-order valence-electron chi connectivity index (χ1n) is 8.89. The number of nitrogens with one attached hydrogen (secondary N) is 1. The van der Waals surface area contributed by atoms with E-state index in [9.17, 15) is 4.79 Å². The van der Waals surface area contributed by atoms with Crippen molar-refractivity contribution in [2.24, 2.45) is 0 Å². The molecule has 0 aromatic heterocycles. The maximum atomic E-state index is 12.5. The van der Waals surface area contributed by atoms with Gasteiger partial charge in [0.2, 0.25) is 5.91 Å². The molecular formula is C20H21BrN2O3. The lowest BCUT2D eigenvalue weighted by Crippen LogP contribution is -2.33. The van der Waals surface area contributed by atoms with E-state index < -0.39 is 0 Å². The monoisotopic (exact) mass is 416 g/mol. The minimum atomic E-state index is 0.00124. The summed E-state index contributed by atoms with van der Waals surface area (Å²) < 4.78 is 12.2. The summed E-state index contributed by atoms with van der Waals surface area (Å²) in [5.41, 5.74) is 1.98. The molecule has 6 heteroatoms. The van der Waals surface area contributed by atoms with E-state index in [1.165, 1.54) is 5.56 Å². The standard InChI is InChI=1S/C20H21BrN2O3/c21-15-4-1-2-5-16(15)22-20(24)13-23-9-3-6-17(23)14-7-8-18-19(12-14)26-11-10-25-18/h1-2,4-5,7-8,12,17H,3,6,9-11,13H2,(H,22,24). The molecule has 0 saturated carbocycles. The summed E-state index contributed by atoms with van der Waals surface area (Å²) in [5.74, 6) is 1.61. The van der Waals surface area contributed by atoms with E-state index in [0.717, 1.165) is 41.0 Å². The van der Waals surface area contributed by atoms with Gasteiger partial charge in [0.1, 0.15) is 13.2 Å². The average Bonchev–Trinajstić information content (AvgIpc) is 3.11. The number of hydrogen-bond donors (Lipinski definition) is 1. The molecule has 1 fully saturated rings. The maximum Gasteiger partial charge on any atom is 0.238 e. The Labute approximate surface area is 161 Å². The fourth-order valence-corrected chi connectivity index (χ4v) is 3.98. The molecule has 136 valence electrons. The second-order valence-corrected chi connectivity index (χ2v) is 7.41. The number of rotatable bonds is 4. The highest BCUT2D eigenvalue weighted by atomic mass is 79.9. The fraction of sp³-hybridized carbons (Fsp3) is 0.350. The Kier molecular flexibility index (Phi) is 5.13. The van der Waals surface area contributed by atoms with E-state index in [2.05, 4.69) is 38.3 Å². The van der Waals surface area contributed by atoms with Crippen molar-refractivity contribution >= 4 is 27.5 Å². The van der Waals surface area contributed by atoms with Gasteiger partial charge in [-0.1, -0.05) is 18.2 Å². The number of hydrogen-bond acceptors (Lipinski definition) is 4. The lowest BCUT2D eigenvalue weighted by atomic mass is 10.0. The van der Waals surface area contributed by atoms with Crippen LogP contribution in [0.1, 0.15) is 24.4 Å². The molecule has 26 heavy (non-hydrogen) atoms. The van der Waals surface area contributed by atoms with Gasteiger partial charge < -0.3 is 14.8 Å². The Hall–Kier alpha value is -2.05. The van der Waals surface area contributed by atoms with Crippen LogP contribution in [0.3, 0.4) is 0 Å². The number of fused-ring (bicyclic) bond motifs is 1. The summed E-state index contributed by atoms with van der Waals surface area (Å²) in [7, 11) is 0. The van der Waals surface area contributed by atoms with Crippen molar-refractivity contribution in [3.63, 3.8) is 0 Å². The summed E-state index contributed by atoms with van der Waals surface area (Å²) in [6, 6.07) is 14.0. The van der Waals surface area contributed by atoms with Crippen molar-refractivity contribution in [1.82, 2.24) is 4.90 Å². The highest BCUT2D eigenvalue weighted by molar-refractivity contribution is 9.10. The Bertz CT molecular complexity index is 811. The smallest absolute Gasteiger partial charge is 0.238 e. The SMILES string of the molecule is O=C(CN1CCCC1c1ccc2c(c1)OCCO2)Nc1ccccc1Br. The molecule has 0 spiro atoms. The number of halogens is 1. The summed E-state index contributed by atoms with van der Waals surface area (Å²) in [6.45, 7) is 2.47. The normalized spacial score (nSPS) is 19.3. The van der Waals surface area contributed by atoms with Crippen molar-refractivity contribution in [3.8, 4) is 11.5 Å². The molecule has 2 aliphatic rings. The van der Waals surface area contributed by atoms with Crippen LogP contribution in [-0.2, 0) is 4.79 Å². The molecule has 0 bridgehead atoms. The predicted molar refractivity (Wildman–Crippen MR) is 104 cm³/mol.